The minimum absolute atomic E-state index is 0.102. The van der Waals surface area contributed by atoms with Gasteiger partial charge in [-0.25, -0.2) is 4.79 Å². The second-order valence-electron chi connectivity index (χ2n) is 4.96. The maximum Gasteiger partial charge on any atom is 0.333 e. The molecule has 2 rings (SSSR count). The molecule has 1 saturated heterocycles. The summed E-state index contributed by atoms with van der Waals surface area (Å²) in [6.07, 6.45) is 0.102. The number of amides is 1. The molecule has 0 atom stereocenters. The van der Waals surface area contributed by atoms with Gasteiger partial charge in [0.1, 0.15) is 0 Å². The molecule has 0 spiro atoms. The average molecular weight is 268 g/mol. The van der Waals surface area contributed by atoms with E-state index in [1.807, 2.05) is 6.07 Å². The van der Waals surface area contributed by atoms with Gasteiger partial charge in [0.15, 0.2) is 0 Å². The van der Waals surface area contributed by atoms with Crippen LogP contribution in [-0.2, 0) is 21.0 Å². The van der Waals surface area contributed by atoms with E-state index in [9.17, 15) is 9.59 Å². The molecule has 4 nitrogen and oxygen atoms in total. The third-order valence-electron chi connectivity index (χ3n) is 2.88. The lowest BCUT2D eigenvalue weighted by atomic mass is 9.87. The molecule has 0 aromatic heterocycles. The van der Waals surface area contributed by atoms with E-state index >= 15 is 0 Å². The molecule has 1 aliphatic heterocycles. The van der Waals surface area contributed by atoms with Gasteiger partial charge in [-0.2, -0.15) is 5.06 Å². The van der Waals surface area contributed by atoms with Crippen LogP contribution < -0.4 is 0 Å². The lowest BCUT2D eigenvalue weighted by Gasteiger charge is -2.34. The SMILES string of the molecule is CC1(C)CC(=O)ON(Cc2ccccc2Cl)C1=O. The Labute approximate surface area is 110 Å². The Balaban J connectivity index is 2.21. The number of nitrogens with zero attached hydrogens (tertiary/aromatic N) is 1. The van der Waals surface area contributed by atoms with E-state index in [4.69, 9.17) is 16.4 Å². The van der Waals surface area contributed by atoms with Crippen molar-refractivity contribution in [1.29, 1.82) is 0 Å². The smallest absolute Gasteiger partial charge is 0.333 e. The van der Waals surface area contributed by atoms with E-state index in [0.717, 1.165) is 10.6 Å². The van der Waals surface area contributed by atoms with Crippen molar-refractivity contribution < 1.29 is 14.4 Å². The fourth-order valence-corrected chi connectivity index (χ4v) is 2.05. The molecule has 18 heavy (non-hydrogen) atoms. The van der Waals surface area contributed by atoms with Crippen molar-refractivity contribution in [2.24, 2.45) is 5.41 Å². The van der Waals surface area contributed by atoms with Crippen LogP contribution in [0.15, 0.2) is 24.3 Å². The number of halogens is 1. The normalized spacial score (nSPS) is 18.7. The predicted molar refractivity (Wildman–Crippen MR) is 66.5 cm³/mol. The van der Waals surface area contributed by atoms with Crippen molar-refractivity contribution in [3.8, 4) is 0 Å². The third-order valence-corrected chi connectivity index (χ3v) is 3.24. The second-order valence-corrected chi connectivity index (χ2v) is 5.36. The highest BCUT2D eigenvalue weighted by atomic mass is 35.5. The number of hydroxylamine groups is 2. The fourth-order valence-electron chi connectivity index (χ4n) is 1.86. The van der Waals surface area contributed by atoms with Gasteiger partial charge in [0.05, 0.1) is 18.4 Å². The van der Waals surface area contributed by atoms with Crippen molar-refractivity contribution in [2.75, 3.05) is 0 Å². The Morgan fingerprint density at radius 2 is 2.00 bits per heavy atom. The first-order valence-electron chi connectivity index (χ1n) is 5.66. The van der Waals surface area contributed by atoms with E-state index in [1.165, 1.54) is 0 Å². The fraction of sp³-hybridized carbons (Fsp3) is 0.385. The summed E-state index contributed by atoms with van der Waals surface area (Å²) in [6, 6.07) is 7.16. The Bertz CT molecular complexity index is 499. The van der Waals surface area contributed by atoms with Crippen molar-refractivity contribution in [2.45, 2.75) is 26.8 Å². The minimum Gasteiger partial charge on any atom is -0.338 e. The Hall–Kier alpha value is -1.55. The molecule has 0 bridgehead atoms. The first-order valence-corrected chi connectivity index (χ1v) is 6.04. The number of hydrogen-bond donors (Lipinski definition) is 0. The number of benzene rings is 1. The second kappa shape index (κ2) is 4.61. The number of rotatable bonds is 2. The first kappa shape index (κ1) is 12.9. The van der Waals surface area contributed by atoms with Crippen LogP contribution in [0.4, 0.5) is 0 Å². The highest BCUT2D eigenvalue weighted by molar-refractivity contribution is 6.31. The van der Waals surface area contributed by atoms with Gasteiger partial charge in [-0.1, -0.05) is 43.6 Å². The van der Waals surface area contributed by atoms with Gasteiger partial charge in [-0.15, -0.1) is 0 Å². The van der Waals surface area contributed by atoms with Gasteiger partial charge < -0.3 is 4.84 Å². The molecule has 1 heterocycles. The molecule has 1 aliphatic rings. The van der Waals surface area contributed by atoms with Gasteiger partial charge in [-0.3, -0.25) is 4.79 Å². The Morgan fingerprint density at radius 1 is 1.33 bits per heavy atom. The van der Waals surface area contributed by atoms with Gasteiger partial charge >= 0.3 is 5.97 Å². The van der Waals surface area contributed by atoms with Crippen LogP contribution in [0.2, 0.25) is 5.02 Å². The van der Waals surface area contributed by atoms with E-state index in [2.05, 4.69) is 0 Å². The lowest BCUT2D eigenvalue weighted by Crippen LogP contribution is -2.48. The maximum atomic E-state index is 12.1. The van der Waals surface area contributed by atoms with E-state index < -0.39 is 11.4 Å². The zero-order chi connectivity index (χ0) is 13.3. The third kappa shape index (κ3) is 2.48. The van der Waals surface area contributed by atoms with Crippen molar-refractivity contribution in [1.82, 2.24) is 5.06 Å². The van der Waals surface area contributed by atoms with Crippen molar-refractivity contribution >= 4 is 23.5 Å². The van der Waals surface area contributed by atoms with Crippen molar-refractivity contribution in [3.05, 3.63) is 34.9 Å². The lowest BCUT2D eigenvalue weighted by molar-refractivity contribution is -0.219. The van der Waals surface area contributed by atoms with E-state index in [0.29, 0.717) is 5.02 Å². The zero-order valence-electron chi connectivity index (χ0n) is 10.3. The van der Waals surface area contributed by atoms with Crippen LogP contribution in [0.1, 0.15) is 25.8 Å². The van der Waals surface area contributed by atoms with Gasteiger partial charge in [0.25, 0.3) is 5.91 Å². The van der Waals surface area contributed by atoms with Crippen LogP contribution in [0.5, 0.6) is 0 Å². The van der Waals surface area contributed by atoms with Crippen LogP contribution in [0.25, 0.3) is 0 Å². The monoisotopic (exact) mass is 267 g/mol. The molecular formula is C13H14ClNO3. The molecule has 1 aromatic rings. The van der Waals surface area contributed by atoms with E-state index in [-0.39, 0.29) is 18.9 Å². The largest absolute Gasteiger partial charge is 0.338 e. The zero-order valence-corrected chi connectivity index (χ0v) is 11.0. The molecule has 0 aliphatic carbocycles. The van der Waals surface area contributed by atoms with Gasteiger partial charge in [0, 0.05) is 5.02 Å². The quantitative estimate of drug-likeness (QED) is 0.827. The van der Waals surface area contributed by atoms with Crippen LogP contribution in [0.3, 0.4) is 0 Å². The summed E-state index contributed by atoms with van der Waals surface area (Å²) in [5.74, 6) is -0.603. The number of carbonyl (C=O) groups is 2. The molecule has 5 heteroatoms. The summed E-state index contributed by atoms with van der Waals surface area (Å²) in [5, 5.41) is 1.64. The molecule has 96 valence electrons. The maximum absolute atomic E-state index is 12.1. The first-order chi connectivity index (χ1) is 8.40. The Kier molecular flexibility index (Phi) is 3.30. The van der Waals surface area contributed by atoms with Crippen LogP contribution in [0, 0.1) is 5.41 Å². The number of carbonyl (C=O) groups excluding carboxylic acids is 2. The summed E-state index contributed by atoms with van der Waals surface area (Å²) >= 11 is 6.02. The molecule has 1 fully saturated rings. The summed E-state index contributed by atoms with van der Waals surface area (Å²) in [4.78, 5) is 28.6. The van der Waals surface area contributed by atoms with Crippen LogP contribution >= 0.6 is 11.6 Å². The van der Waals surface area contributed by atoms with Crippen molar-refractivity contribution in [3.63, 3.8) is 0 Å². The summed E-state index contributed by atoms with van der Waals surface area (Å²) in [7, 11) is 0. The minimum atomic E-state index is -0.726. The molecule has 0 N–H and O–H groups in total. The summed E-state index contributed by atoms with van der Waals surface area (Å²) in [5.41, 5.74) is 0.0226. The highest BCUT2D eigenvalue weighted by Gasteiger charge is 2.41. The standard InChI is InChI=1S/C13H14ClNO3/c1-13(2)7-11(16)18-15(12(13)17)8-9-5-3-4-6-10(9)14/h3-6H,7-8H2,1-2H3. The van der Waals surface area contributed by atoms with Gasteiger partial charge in [0.2, 0.25) is 0 Å². The molecule has 1 aromatic carbocycles. The average Bonchev–Trinajstić information content (AvgIpc) is 2.27. The van der Waals surface area contributed by atoms with E-state index in [1.54, 1.807) is 32.0 Å². The molecule has 0 saturated carbocycles. The Morgan fingerprint density at radius 3 is 2.67 bits per heavy atom. The molecular weight excluding hydrogens is 254 g/mol. The molecule has 1 amide bonds. The van der Waals surface area contributed by atoms with Gasteiger partial charge in [-0.05, 0) is 11.6 Å². The summed E-state index contributed by atoms with van der Waals surface area (Å²) in [6.45, 7) is 3.64. The molecule has 0 radical (unpaired) electrons. The summed E-state index contributed by atoms with van der Waals surface area (Å²) < 4.78 is 0. The molecule has 0 unspecified atom stereocenters. The topological polar surface area (TPSA) is 46.6 Å². The number of hydrogen-bond acceptors (Lipinski definition) is 3. The van der Waals surface area contributed by atoms with Crippen LogP contribution in [-0.4, -0.2) is 16.9 Å². The highest BCUT2D eigenvalue weighted by Crippen LogP contribution is 2.30. The predicted octanol–water partition coefficient (Wildman–Crippen LogP) is 2.56.